The van der Waals surface area contributed by atoms with Crippen molar-refractivity contribution >= 4 is 0 Å². The lowest BCUT2D eigenvalue weighted by molar-refractivity contribution is 0.127. The molecule has 1 aliphatic heterocycles. The summed E-state index contributed by atoms with van der Waals surface area (Å²) in [6, 6.07) is 0.820. The predicted molar refractivity (Wildman–Crippen MR) is 71.8 cm³/mol. The summed E-state index contributed by atoms with van der Waals surface area (Å²) in [5.41, 5.74) is 0. The Morgan fingerprint density at radius 2 is 1.88 bits per heavy atom. The molecule has 2 nitrogen and oxygen atoms in total. The maximum atomic E-state index is 3.21. The molecule has 0 aromatic heterocycles. The summed E-state index contributed by atoms with van der Waals surface area (Å²) in [6.07, 6.45) is 8.33. The first-order valence-corrected chi connectivity index (χ1v) is 7.12. The lowest BCUT2D eigenvalue weighted by atomic mass is 9.93. The van der Waals surface area contributed by atoms with Gasteiger partial charge in [-0.3, -0.25) is 0 Å². The van der Waals surface area contributed by atoms with Crippen LogP contribution in [0.25, 0.3) is 0 Å². The highest BCUT2D eigenvalue weighted by atomic mass is 15.2. The van der Waals surface area contributed by atoms with Crippen molar-refractivity contribution in [2.75, 3.05) is 26.7 Å². The van der Waals surface area contributed by atoms with Crippen LogP contribution in [0.15, 0.2) is 0 Å². The molecule has 0 aromatic rings. The molecule has 16 heavy (non-hydrogen) atoms. The first kappa shape index (κ1) is 14.0. The summed E-state index contributed by atoms with van der Waals surface area (Å²) >= 11 is 0. The van der Waals surface area contributed by atoms with Crippen molar-refractivity contribution in [3.05, 3.63) is 0 Å². The predicted octanol–water partition coefficient (Wildman–Crippen LogP) is 2.89. The minimum atomic E-state index is 0.820. The van der Waals surface area contributed by atoms with E-state index in [1.54, 1.807) is 0 Å². The van der Waals surface area contributed by atoms with Crippen LogP contribution in [0.1, 0.15) is 52.4 Å². The molecule has 0 spiro atoms. The number of likely N-dealkylation sites (tertiary alicyclic amines) is 1. The number of unbranched alkanes of at least 4 members (excludes halogenated alkanes) is 3. The molecule has 1 heterocycles. The molecule has 0 amide bonds. The number of nitrogens with one attached hydrogen (secondary N) is 1. The van der Waals surface area contributed by atoms with E-state index in [9.17, 15) is 0 Å². The summed E-state index contributed by atoms with van der Waals surface area (Å²) in [7, 11) is 2.04. The number of nitrogens with zero attached hydrogens (tertiary/aromatic N) is 1. The fourth-order valence-corrected chi connectivity index (χ4v) is 2.76. The van der Waals surface area contributed by atoms with Gasteiger partial charge in [-0.05, 0) is 65.2 Å². The second-order valence-corrected chi connectivity index (χ2v) is 5.53. The summed E-state index contributed by atoms with van der Waals surface area (Å²) in [4.78, 5) is 2.69. The first-order chi connectivity index (χ1) is 7.74. The summed E-state index contributed by atoms with van der Waals surface area (Å²) in [5.74, 6) is 0.946. The molecule has 0 aliphatic carbocycles. The maximum absolute atomic E-state index is 3.21. The van der Waals surface area contributed by atoms with Gasteiger partial charge in [0.15, 0.2) is 0 Å². The molecule has 1 N–H and O–H groups in total. The molecule has 1 rings (SSSR count). The van der Waals surface area contributed by atoms with Crippen molar-refractivity contribution in [2.45, 2.75) is 58.4 Å². The van der Waals surface area contributed by atoms with Crippen molar-refractivity contribution in [3.8, 4) is 0 Å². The Kier molecular flexibility index (Phi) is 7.06. The third kappa shape index (κ3) is 5.31. The van der Waals surface area contributed by atoms with E-state index in [1.165, 1.54) is 58.2 Å². The van der Waals surface area contributed by atoms with Gasteiger partial charge in [-0.15, -0.1) is 0 Å². The minimum absolute atomic E-state index is 0.820. The Labute approximate surface area is 102 Å². The van der Waals surface area contributed by atoms with Crippen molar-refractivity contribution in [2.24, 2.45) is 5.92 Å². The van der Waals surface area contributed by atoms with Gasteiger partial charge in [-0.1, -0.05) is 19.8 Å². The number of hydrogen-bond acceptors (Lipinski definition) is 2. The van der Waals surface area contributed by atoms with E-state index in [0.29, 0.717) is 0 Å². The Balaban J connectivity index is 2.00. The zero-order chi connectivity index (χ0) is 11.8. The largest absolute Gasteiger partial charge is 0.320 e. The van der Waals surface area contributed by atoms with Crippen LogP contribution >= 0.6 is 0 Å². The smallest absolute Gasteiger partial charge is 0.00694 e. The quantitative estimate of drug-likeness (QED) is 0.672. The monoisotopic (exact) mass is 226 g/mol. The Hall–Kier alpha value is -0.0800. The molecule has 0 radical (unpaired) electrons. The van der Waals surface area contributed by atoms with Crippen LogP contribution in [0.5, 0.6) is 0 Å². The van der Waals surface area contributed by atoms with E-state index in [-0.39, 0.29) is 0 Å². The van der Waals surface area contributed by atoms with E-state index >= 15 is 0 Å². The van der Waals surface area contributed by atoms with Crippen LogP contribution in [-0.4, -0.2) is 37.6 Å². The highest BCUT2D eigenvalue weighted by molar-refractivity contribution is 4.76. The lowest BCUT2D eigenvalue weighted by Crippen LogP contribution is -2.40. The molecule has 0 aromatic carbocycles. The van der Waals surface area contributed by atoms with Gasteiger partial charge < -0.3 is 10.2 Å². The molecular weight excluding hydrogens is 196 g/mol. The number of hydrogen-bond donors (Lipinski definition) is 1. The van der Waals surface area contributed by atoms with Gasteiger partial charge in [-0.25, -0.2) is 0 Å². The van der Waals surface area contributed by atoms with Crippen LogP contribution in [-0.2, 0) is 0 Å². The van der Waals surface area contributed by atoms with Crippen LogP contribution in [0.2, 0.25) is 0 Å². The average molecular weight is 226 g/mol. The van der Waals surface area contributed by atoms with E-state index in [2.05, 4.69) is 24.1 Å². The second kappa shape index (κ2) is 8.08. The van der Waals surface area contributed by atoms with Gasteiger partial charge in [0.1, 0.15) is 0 Å². The normalized spacial score (nSPS) is 27.2. The van der Waals surface area contributed by atoms with Crippen LogP contribution in [0, 0.1) is 5.92 Å². The van der Waals surface area contributed by atoms with Crippen molar-refractivity contribution in [1.29, 1.82) is 0 Å². The summed E-state index contributed by atoms with van der Waals surface area (Å²) < 4.78 is 0. The molecule has 0 bridgehead atoms. The molecule has 2 heteroatoms. The molecule has 2 unspecified atom stereocenters. The molecule has 0 saturated carbocycles. The summed E-state index contributed by atoms with van der Waals surface area (Å²) in [5, 5.41) is 3.21. The third-order valence-electron chi connectivity index (χ3n) is 3.90. The number of piperidine rings is 1. The van der Waals surface area contributed by atoms with Crippen molar-refractivity contribution < 1.29 is 0 Å². The Morgan fingerprint density at radius 1 is 1.12 bits per heavy atom. The zero-order valence-electron chi connectivity index (χ0n) is 11.5. The number of rotatable bonds is 7. The third-order valence-corrected chi connectivity index (χ3v) is 3.90. The van der Waals surface area contributed by atoms with Crippen LogP contribution in [0.3, 0.4) is 0 Å². The van der Waals surface area contributed by atoms with Crippen molar-refractivity contribution in [3.63, 3.8) is 0 Å². The highest BCUT2D eigenvalue weighted by Crippen LogP contribution is 2.22. The van der Waals surface area contributed by atoms with Gasteiger partial charge in [0.2, 0.25) is 0 Å². The fourth-order valence-electron chi connectivity index (χ4n) is 2.76. The Morgan fingerprint density at radius 3 is 2.56 bits per heavy atom. The Bertz CT molecular complexity index is 170. The fraction of sp³-hybridized carbons (Fsp3) is 1.00. The lowest BCUT2D eigenvalue weighted by Gasteiger charge is -2.36. The highest BCUT2D eigenvalue weighted by Gasteiger charge is 2.21. The van der Waals surface area contributed by atoms with E-state index < -0.39 is 0 Å². The standard InChI is InChI=1S/C14H30N2/c1-13-8-11-16(14(2)12-13)10-7-5-4-6-9-15-3/h13-15H,4-12H2,1-3H3. The van der Waals surface area contributed by atoms with Crippen molar-refractivity contribution in [1.82, 2.24) is 10.2 Å². The van der Waals surface area contributed by atoms with Gasteiger partial charge in [0.25, 0.3) is 0 Å². The minimum Gasteiger partial charge on any atom is -0.320 e. The van der Waals surface area contributed by atoms with E-state index in [1.807, 2.05) is 7.05 Å². The van der Waals surface area contributed by atoms with Gasteiger partial charge in [0.05, 0.1) is 0 Å². The topological polar surface area (TPSA) is 15.3 Å². The van der Waals surface area contributed by atoms with E-state index in [4.69, 9.17) is 0 Å². The molecule has 1 saturated heterocycles. The molecule has 2 atom stereocenters. The molecule has 1 aliphatic rings. The van der Waals surface area contributed by atoms with Gasteiger partial charge in [-0.2, -0.15) is 0 Å². The molecular formula is C14H30N2. The molecule has 96 valence electrons. The van der Waals surface area contributed by atoms with Crippen LogP contribution in [0.4, 0.5) is 0 Å². The van der Waals surface area contributed by atoms with Gasteiger partial charge in [0, 0.05) is 6.04 Å². The first-order valence-electron chi connectivity index (χ1n) is 7.12. The average Bonchev–Trinajstić information content (AvgIpc) is 2.26. The van der Waals surface area contributed by atoms with Gasteiger partial charge >= 0.3 is 0 Å². The molecule has 1 fully saturated rings. The van der Waals surface area contributed by atoms with E-state index in [0.717, 1.165) is 12.0 Å². The maximum Gasteiger partial charge on any atom is 0.00694 e. The second-order valence-electron chi connectivity index (χ2n) is 5.53. The zero-order valence-corrected chi connectivity index (χ0v) is 11.5. The van der Waals surface area contributed by atoms with Crippen LogP contribution < -0.4 is 5.32 Å². The summed E-state index contributed by atoms with van der Waals surface area (Å²) in [6.45, 7) is 8.63. The SMILES string of the molecule is CNCCCCCCN1CCC(C)CC1C.